The van der Waals surface area contributed by atoms with Gasteiger partial charge >= 0.3 is 5.97 Å². The highest BCUT2D eigenvalue weighted by Crippen LogP contribution is 2.11. The molecule has 19 heteroatoms. The molecule has 0 radical (unpaired) electrons. The number of guanidine groups is 1. The van der Waals surface area contributed by atoms with Crippen LogP contribution in [0.15, 0.2) is 35.3 Å². The Balaban J connectivity index is 3.18. The molecule has 0 unspecified atom stereocenters. The number of hydrogen-bond acceptors (Lipinski definition) is 10. The molecular formula is C34H56N10O9. The molecule has 0 aromatic heterocycles. The average molecular weight is 749 g/mol. The number of nitrogens with zero attached hydrogens (tertiary/aromatic N) is 1. The van der Waals surface area contributed by atoms with Gasteiger partial charge in [-0.15, -0.1) is 0 Å². The number of carboxylic acid groups (broad SMARTS) is 1. The van der Waals surface area contributed by atoms with E-state index in [9.17, 15) is 43.8 Å². The lowest BCUT2D eigenvalue weighted by molar-refractivity contribution is -0.143. The van der Waals surface area contributed by atoms with E-state index >= 15 is 0 Å². The van der Waals surface area contributed by atoms with Crippen molar-refractivity contribution in [3.8, 4) is 0 Å². The summed E-state index contributed by atoms with van der Waals surface area (Å²) >= 11 is 0. The lowest BCUT2D eigenvalue weighted by Crippen LogP contribution is -2.60. The zero-order valence-electron chi connectivity index (χ0n) is 30.7. The van der Waals surface area contributed by atoms with Gasteiger partial charge in [0.25, 0.3) is 0 Å². The number of nitrogens with two attached hydrogens (primary N) is 4. The van der Waals surface area contributed by atoms with Gasteiger partial charge in [0.2, 0.25) is 35.4 Å². The number of carboxylic acids is 1. The third-order valence-electron chi connectivity index (χ3n) is 7.73. The van der Waals surface area contributed by atoms with Gasteiger partial charge in [0.15, 0.2) is 5.96 Å². The highest BCUT2D eigenvalue weighted by Gasteiger charge is 2.33. The topological polar surface area (TPSA) is 337 Å². The molecule has 0 saturated heterocycles. The molecule has 0 heterocycles. The predicted octanol–water partition coefficient (Wildman–Crippen LogP) is -2.92. The molecule has 1 aromatic rings. The number of primary amides is 1. The van der Waals surface area contributed by atoms with Gasteiger partial charge in [-0.1, -0.05) is 58.0 Å². The second-order valence-corrected chi connectivity index (χ2v) is 13.5. The van der Waals surface area contributed by atoms with Crippen molar-refractivity contribution in [1.29, 1.82) is 0 Å². The van der Waals surface area contributed by atoms with Crippen LogP contribution in [0.25, 0.3) is 0 Å². The summed E-state index contributed by atoms with van der Waals surface area (Å²) < 4.78 is 0. The minimum absolute atomic E-state index is 0.0606. The molecule has 15 N–H and O–H groups in total. The second kappa shape index (κ2) is 23.3. The van der Waals surface area contributed by atoms with Crippen LogP contribution in [0.1, 0.15) is 65.4 Å². The standard InChI is InChI=1S/C34H56N10O9/c1-18(2)13-23(30(49)40-22(11-8-12-39-34(37)38)29(48)43-25(33(52)53)16-27(36)46)41-31(50)24(14-19(3)4)42-32(51)26(17-45)44-28(47)21(35)15-20-9-6-5-7-10-20/h5-7,9-10,18-19,21-26,45H,8,11-17,35H2,1-4H3,(H2,36,46)(H,40,49)(H,41,50)(H,42,51)(H,43,48)(H,44,47)(H,52,53)(H4,37,38,39)/t21-,22+,23-,24+,25+,26+/m1/s1. The van der Waals surface area contributed by atoms with Crippen LogP contribution in [0, 0.1) is 11.8 Å². The van der Waals surface area contributed by atoms with Gasteiger partial charge < -0.3 is 59.7 Å². The first-order valence-corrected chi connectivity index (χ1v) is 17.3. The fourth-order valence-electron chi connectivity index (χ4n) is 5.10. The van der Waals surface area contributed by atoms with Gasteiger partial charge in [-0.2, -0.15) is 0 Å². The Morgan fingerprint density at radius 3 is 1.58 bits per heavy atom. The van der Waals surface area contributed by atoms with Crippen LogP contribution in [0.4, 0.5) is 0 Å². The van der Waals surface area contributed by atoms with Gasteiger partial charge in [-0.25, -0.2) is 4.79 Å². The summed E-state index contributed by atoms with van der Waals surface area (Å²) in [5.41, 5.74) is 22.7. The van der Waals surface area contributed by atoms with Gasteiger partial charge in [0.1, 0.15) is 30.2 Å². The van der Waals surface area contributed by atoms with Crippen molar-refractivity contribution in [2.75, 3.05) is 13.2 Å². The van der Waals surface area contributed by atoms with Gasteiger partial charge in [0, 0.05) is 6.54 Å². The van der Waals surface area contributed by atoms with E-state index in [2.05, 4.69) is 31.6 Å². The number of rotatable bonds is 24. The molecule has 6 atom stereocenters. The molecule has 0 aliphatic heterocycles. The zero-order valence-corrected chi connectivity index (χ0v) is 30.7. The summed E-state index contributed by atoms with van der Waals surface area (Å²) in [6, 6.07) is 1.04. The first kappa shape index (κ1) is 45.7. The number of aliphatic imine (C=N–C) groups is 1. The third kappa shape index (κ3) is 18.2. The molecular weight excluding hydrogens is 692 g/mol. The van der Waals surface area contributed by atoms with E-state index in [1.807, 2.05) is 6.07 Å². The van der Waals surface area contributed by atoms with E-state index < -0.39 is 90.7 Å². The number of amides is 6. The molecule has 6 amide bonds. The van der Waals surface area contributed by atoms with Crippen molar-refractivity contribution in [2.24, 2.45) is 39.8 Å². The molecule has 1 rings (SSSR count). The molecule has 0 aliphatic carbocycles. The van der Waals surface area contributed by atoms with Crippen molar-refractivity contribution in [1.82, 2.24) is 26.6 Å². The van der Waals surface area contributed by atoms with E-state index in [0.717, 1.165) is 5.56 Å². The second-order valence-electron chi connectivity index (χ2n) is 13.5. The van der Waals surface area contributed by atoms with E-state index in [0.29, 0.717) is 0 Å². The first-order valence-electron chi connectivity index (χ1n) is 17.3. The Hall–Kier alpha value is -5.30. The molecule has 0 spiro atoms. The molecule has 0 fully saturated rings. The van der Waals surface area contributed by atoms with Crippen LogP contribution in [0.3, 0.4) is 0 Å². The highest BCUT2D eigenvalue weighted by molar-refractivity contribution is 5.96. The Morgan fingerprint density at radius 1 is 0.679 bits per heavy atom. The minimum atomic E-state index is -1.67. The third-order valence-corrected chi connectivity index (χ3v) is 7.73. The predicted molar refractivity (Wildman–Crippen MR) is 195 cm³/mol. The van der Waals surface area contributed by atoms with E-state index in [-0.39, 0.29) is 56.4 Å². The molecule has 19 nitrogen and oxygen atoms in total. The fourth-order valence-corrected chi connectivity index (χ4v) is 5.10. The Bertz CT molecular complexity index is 1420. The minimum Gasteiger partial charge on any atom is -0.480 e. The summed E-state index contributed by atoms with van der Waals surface area (Å²) in [6.07, 6.45) is -0.208. The van der Waals surface area contributed by atoms with E-state index in [4.69, 9.17) is 22.9 Å². The Morgan fingerprint density at radius 2 is 1.13 bits per heavy atom. The SMILES string of the molecule is CC(C)C[C@H](NC(=O)[C@H](CO)NC(=O)[C@H](N)Cc1ccccc1)C(=O)N[C@H](CC(C)C)C(=O)N[C@@H](CCCN=C(N)N)C(=O)N[C@@H](CC(N)=O)C(=O)O. The van der Waals surface area contributed by atoms with E-state index in [1.54, 1.807) is 52.0 Å². The van der Waals surface area contributed by atoms with Crippen molar-refractivity contribution in [3.05, 3.63) is 35.9 Å². The monoisotopic (exact) mass is 748 g/mol. The molecule has 0 aliphatic rings. The number of benzene rings is 1. The number of carbonyl (C=O) groups excluding carboxylic acids is 6. The van der Waals surface area contributed by atoms with Crippen LogP contribution in [-0.4, -0.2) is 107 Å². The van der Waals surface area contributed by atoms with E-state index in [1.165, 1.54) is 0 Å². The number of aliphatic hydroxyl groups is 1. The normalized spacial score (nSPS) is 14.4. The quantitative estimate of drug-likeness (QED) is 0.0288. The van der Waals surface area contributed by atoms with Crippen molar-refractivity contribution >= 4 is 47.4 Å². The van der Waals surface area contributed by atoms with Crippen LogP contribution < -0.4 is 49.5 Å². The molecule has 1 aromatic carbocycles. The van der Waals surface area contributed by atoms with Crippen LogP contribution in [0.2, 0.25) is 0 Å². The van der Waals surface area contributed by atoms with Crippen molar-refractivity contribution in [2.45, 2.75) is 102 Å². The number of aliphatic carboxylic acids is 1. The molecule has 53 heavy (non-hydrogen) atoms. The molecule has 296 valence electrons. The smallest absolute Gasteiger partial charge is 0.326 e. The highest BCUT2D eigenvalue weighted by atomic mass is 16.4. The lowest BCUT2D eigenvalue weighted by Gasteiger charge is -2.28. The summed E-state index contributed by atoms with van der Waals surface area (Å²) in [7, 11) is 0. The van der Waals surface area contributed by atoms with Crippen LogP contribution in [0.5, 0.6) is 0 Å². The number of carbonyl (C=O) groups is 7. The van der Waals surface area contributed by atoms with Crippen molar-refractivity contribution in [3.63, 3.8) is 0 Å². The van der Waals surface area contributed by atoms with Crippen LogP contribution >= 0.6 is 0 Å². The summed E-state index contributed by atoms with van der Waals surface area (Å²) in [4.78, 5) is 93.5. The lowest BCUT2D eigenvalue weighted by atomic mass is 9.99. The number of hydrogen-bond donors (Lipinski definition) is 11. The fraction of sp³-hybridized carbons (Fsp3) is 0.588. The maximum Gasteiger partial charge on any atom is 0.326 e. The Kier molecular flexibility index (Phi) is 20.1. The van der Waals surface area contributed by atoms with Gasteiger partial charge in [-0.3, -0.25) is 33.8 Å². The number of nitrogens with one attached hydrogen (secondary N) is 5. The first-order chi connectivity index (χ1) is 24.8. The summed E-state index contributed by atoms with van der Waals surface area (Å²) in [6.45, 7) is 6.45. The van der Waals surface area contributed by atoms with Gasteiger partial charge in [0.05, 0.1) is 19.1 Å². The maximum absolute atomic E-state index is 13.7. The van der Waals surface area contributed by atoms with Gasteiger partial charge in [-0.05, 0) is 49.5 Å². The van der Waals surface area contributed by atoms with Crippen molar-refractivity contribution < 1.29 is 43.8 Å². The average Bonchev–Trinajstić information content (AvgIpc) is 3.06. The molecule has 0 bridgehead atoms. The Labute approximate surface area is 308 Å². The summed E-state index contributed by atoms with van der Waals surface area (Å²) in [5, 5.41) is 31.8. The summed E-state index contributed by atoms with van der Waals surface area (Å²) in [5.74, 6) is -7.03. The molecule has 0 saturated carbocycles. The van der Waals surface area contributed by atoms with Crippen LogP contribution in [-0.2, 0) is 40.0 Å². The zero-order chi connectivity index (χ0) is 40.2. The largest absolute Gasteiger partial charge is 0.480 e. The maximum atomic E-state index is 13.7. The number of aliphatic hydroxyl groups excluding tert-OH is 1.